The van der Waals surface area contributed by atoms with Crippen molar-refractivity contribution in [3.05, 3.63) is 0 Å². The molecular formula is C12H23N3OS. The molecule has 0 aliphatic carbocycles. The van der Waals surface area contributed by atoms with Crippen LogP contribution in [0.5, 0.6) is 0 Å². The Balaban J connectivity index is 2.33. The van der Waals surface area contributed by atoms with Crippen LogP contribution in [-0.4, -0.2) is 35.5 Å². The summed E-state index contributed by atoms with van der Waals surface area (Å²) in [5.41, 5.74) is 0. The molecule has 17 heavy (non-hydrogen) atoms. The van der Waals surface area contributed by atoms with Gasteiger partial charge in [0.05, 0.1) is 6.04 Å². The lowest BCUT2D eigenvalue weighted by Crippen LogP contribution is -2.44. The molecule has 0 aromatic rings. The number of nitrogens with zero attached hydrogens (tertiary/aromatic N) is 1. The third-order valence-corrected chi connectivity index (χ3v) is 3.65. The highest BCUT2D eigenvalue weighted by molar-refractivity contribution is 8.14. The van der Waals surface area contributed by atoms with E-state index in [4.69, 9.17) is 0 Å². The van der Waals surface area contributed by atoms with Gasteiger partial charge in [0.15, 0.2) is 5.17 Å². The van der Waals surface area contributed by atoms with Crippen LogP contribution in [0.25, 0.3) is 0 Å². The summed E-state index contributed by atoms with van der Waals surface area (Å²) in [5.74, 6) is 1.55. The van der Waals surface area contributed by atoms with Gasteiger partial charge in [-0.15, -0.1) is 0 Å². The van der Waals surface area contributed by atoms with Crippen LogP contribution in [-0.2, 0) is 4.79 Å². The van der Waals surface area contributed by atoms with Crippen LogP contribution in [0.15, 0.2) is 4.99 Å². The van der Waals surface area contributed by atoms with Gasteiger partial charge < -0.3 is 10.6 Å². The third kappa shape index (κ3) is 4.98. The van der Waals surface area contributed by atoms with Gasteiger partial charge in [-0.05, 0) is 19.3 Å². The van der Waals surface area contributed by atoms with Gasteiger partial charge in [-0.1, -0.05) is 32.5 Å². The summed E-state index contributed by atoms with van der Waals surface area (Å²) in [7, 11) is 0. The Morgan fingerprint density at radius 2 is 2.24 bits per heavy atom. The zero-order valence-electron chi connectivity index (χ0n) is 11.1. The molecule has 0 spiro atoms. The monoisotopic (exact) mass is 257 g/mol. The first-order valence-corrected chi connectivity index (χ1v) is 7.26. The second kappa shape index (κ2) is 6.89. The van der Waals surface area contributed by atoms with E-state index in [1.807, 2.05) is 6.92 Å². The molecule has 0 fully saturated rings. The molecule has 0 saturated carbocycles. The molecule has 0 aromatic heterocycles. The average Bonchev–Trinajstić information content (AvgIpc) is 2.73. The Hall–Kier alpha value is -0.710. The maximum absolute atomic E-state index is 11.7. The predicted molar refractivity (Wildman–Crippen MR) is 74.4 cm³/mol. The summed E-state index contributed by atoms with van der Waals surface area (Å²) < 4.78 is 0. The Bertz CT molecular complexity index is 291. The van der Waals surface area contributed by atoms with Crippen molar-refractivity contribution in [1.29, 1.82) is 0 Å². The molecule has 5 heteroatoms. The van der Waals surface area contributed by atoms with E-state index in [0.29, 0.717) is 12.0 Å². The second-order valence-corrected chi connectivity index (χ2v) is 5.82. The summed E-state index contributed by atoms with van der Waals surface area (Å²) in [6.07, 6.45) is 1.06. The molecule has 0 saturated heterocycles. The van der Waals surface area contributed by atoms with E-state index >= 15 is 0 Å². The first-order chi connectivity index (χ1) is 8.02. The van der Waals surface area contributed by atoms with Crippen LogP contribution < -0.4 is 10.6 Å². The van der Waals surface area contributed by atoms with Crippen LogP contribution in [0.1, 0.15) is 34.1 Å². The third-order valence-electron chi connectivity index (χ3n) is 2.60. The number of aliphatic imine (C=N–C) groups is 1. The van der Waals surface area contributed by atoms with E-state index < -0.39 is 0 Å². The van der Waals surface area contributed by atoms with E-state index in [0.717, 1.165) is 23.9 Å². The number of carbonyl (C=O) groups excluding carboxylic acids is 1. The Labute approximate surface area is 108 Å². The number of amidine groups is 1. The zero-order chi connectivity index (χ0) is 12.8. The molecule has 1 aliphatic rings. The molecule has 4 nitrogen and oxygen atoms in total. The first kappa shape index (κ1) is 14.4. The lowest BCUT2D eigenvalue weighted by molar-refractivity contribution is -0.122. The molecule has 1 rings (SSSR count). The van der Waals surface area contributed by atoms with Crippen molar-refractivity contribution in [2.75, 3.05) is 12.3 Å². The predicted octanol–water partition coefficient (Wildman–Crippen LogP) is 1.62. The highest BCUT2D eigenvalue weighted by Crippen LogP contribution is 2.18. The summed E-state index contributed by atoms with van der Waals surface area (Å²) in [4.78, 5) is 16.3. The van der Waals surface area contributed by atoms with Crippen LogP contribution in [0.4, 0.5) is 0 Å². The highest BCUT2D eigenvalue weighted by atomic mass is 32.2. The van der Waals surface area contributed by atoms with Gasteiger partial charge in [-0.3, -0.25) is 9.79 Å². The van der Waals surface area contributed by atoms with Crippen LogP contribution >= 0.6 is 11.8 Å². The average molecular weight is 257 g/mol. The van der Waals surface area contributed by atoms with E-state index in [9.17, 15) is 4.79 Å². The number of thioether (sulfide) groups is 1. The standard InChI is InChI=1S/C12H23N3OS/c1-5-10-7-17-12(15-10)14-9(4)11(16)13-6-8(2)3/h8-10H,5-7H2,1-4H3,(H,13,16)(H,14,15). The number of carbonyl (C=O) groups is 1. The molecule has 1 heterocycles. The molecule has 1 amide bonds. The number of amides is 1. The first-order valence-electron chi connectivity index (χ1n) is 6.27. The van der Waals surface area contributed by atoms with Gasteiger partial charge in [0.1, 0.15) is 6.04 Å². The van der Waals surface area contributed by atoms with Crippen molar-refractivity contribution >= 4 is 22.8 Å². The molecule has 98 valence electrons. The van der Waals surface area contributed by atoms with Gasteiger partial charge >= 0.3 is 0 Å². The molecule has 2 atom stereocenters. The van der Waals surface area contributed by atoms with E-state index in [1.54, 1.807) is 11.8 Å². The fourth-order valence-corrected chi connectivity index (χ4v) is 2.56. The molecule has 0 aromatic carbocycles. The van der Waals surface area contributed by atoms with E-state index in [2.05, 4.69) is 36.4 Å². The second-order valence-electron chi connectivity index (χ2n) is 4.81. The van der Waals surface area contributed by atoms with Gasteiger partial charge in [0, 0.05) is 12.3 Å². The van der Waals surface area contributed by atoms with Crippen molar-refractivity contribution in [2.24, 2.45) is 10.9 Å². The minimum absolute atomic E-state index is 0.0435. The van der Waals surface area contributed by atoms with Crippen LogP contribution in [0.2, 0.25) is 0 Å². The lowest BCUT2D eigenvalue weighted by atomic mass is 10.2. The summed E-state index contributed by atoms with van der Waals surface area (Å²) in [5, 5.41) is 6.99. The normalized spacial score (nSPS) is 21.2. The lowest BCUT2D eigenvalue weighted by Gasteiger charge is -2.15. The number of hydrogen-bond acceptors (Lipinski definition) is 4. The minimum atomic E-state index is -0.212. The molecule has 2 N–H and O–H groups in total. The molecular weight excluding hydrogens is 234 g/mol. The highest BCUT2D eigenvalue weighted by Gasteiger charge is 2.20. The van der Waals surface area contributed by atoms with E-state index in [1.165, 1.54) is 0 Å². The van der Waals surface area contributed by atoms with Crippen molar-refractivity contribution in [3.8, 4) is 0 Å². The Morgan fingerprint density at radius 3 is 2.76 bits per heavy atom. The number of hydrogen-bond donors (Lipinski definition) is 2. The fraction of sp³-hybridized carbons (Fsp3) is 0.833. The van der Waals surface area contributed by atoms with Crippen molar-refractivity contribution in [1.82, 2.24) is 10.6 Å². The van der Waals surface area contributed by atoms with Crippen molar-refractivity contribution < 1.29 is 4.79 Å². The van der Waals surface area contributed by atoms with Crippen LogP contribution in [0.3, 0.4) is 0 Å². The topological polar surface area (TPSA) is 53.5 Å². The summed E-state index contributed by atoms with van der Waals surface area (Å²) in [6.45, 7) is 8.90. The smallest absolute Gasteiger partial charge is 0.242 e. The van der Waals surface area contributed by atoms with Crippen molar-refractivity contribution in [2.45, 2.75) is 46.2 Å². The molecule has 0 radical (unpaired) electrons. The molecule has 2 unspecified atom stereocenters. The fourth-order valence-electron chi connectivity index (χ4n) is 1.41. The largest absolute Gasteiger partial charge is 0.354 e. The molecule has 0 bridgehead atoms. The van der Waals surface area contributed by atoms with Gasteiger partial charge in [0.2, 0.25) is 5.91 Å². The zero-order valence-corrected chi connectivity index (χ0v) is 11.9. The van der Waals surface area contributed by atoms with Gasteiger partial charge in [-0.25, -0.2) is 0 Å². The quantitative estimate of drug-likeness (QED) is 0.787. The minimum Gasteiger partial charge on any atom is -0.354 e. The van der Waals surface area contributed by atoms with E-state index in [-0.39, 0.29) is 11.9 Å². The summed E-state index contributed by atoms with van der Waals surface area (Å²) in [6, 6.07) is 0.198. The molecule has 1 aliphatic heterocycles. The van der Waals surface area contributed by atoms with Crippen LogP contribution in [0, 0.1) is 5.92 Å². The van der Waals surface area contributed by atoms with Gasteiger partial charge in [0.25, 0.3) is 0 Å². The Kier molecular flexibility index (Phi) is 5.82. The van der Waals surface area contributed by atoms with Crippen molar-refractivity contribution in [3.63, 3.8) is 0 Å². The Morgan fingerprint density at radius 1 is 1.53 bits per heavy atom. The van der Waals surface area contributed by atoms with Gasteiger partial charge in [-0.2, -0.15) is 0 Å². The maximum atomic E-state index is 11.7. The maximum Gasteiger partial charge on any atom is 0.242 e. The number of nitrogens with one attached hydrogen (secondary N) is 2. The number of rotatable bonds is 5. The summed E-state index contributed by atoms with van der Waals surface area (Å²) >= 11 is 1.70. The SMILES string of the molecule is CCC1CSC(NC(C)C(=O)NCC(C)C)=N1.